The molecule has 1 aliphatic carbocycles. The number of hydrogen-bond donors (Lipinski definition) is 1. The van der Waals surface area contributed by atoms with Gasteiger partial charge in [0.15, 0.2) is 0 Å². The van der Waals surface area contributed by atoms with Crippen LogP contribution in [0.15, 0.2) is 46.6 Å². The van der Waals surface area contributed by atoms with Gasteiger partial charge in [0.25, 0.3) is 0 Å². The van der Waals surface area contributed by atoms with Gasteiger partial charge in [-0.15, -0.1) is 0 Å². The van der Waals surface area contributed by atoms with E-state index in [1.54, 1.807) is 18.9 Å². The average Bonchev–Trinajstić information content (AvgIpc) is 3.09. The van der Waals surface area contributed by atoms with Crippen LogP contribution in [0.25, 0.3) is 11.5 Å². The minimum absolute atomic E-state index is 0.652. The van der Waals surface area contributed by atoms with Crippen LogP contribution in [-0.4, -0.2) is 18.6 Å². The summed E-state index contributed by atoms with van der Waals surface area (Å²) in [5.74, 6) is 1.48. The first kappa shape index (κ1) is 15.8. The summed E-state index contributed by atoms with van der Waals surface area (Å²) in [5, 5.41) is 3.45. The van der Waals surface area contributed by atoms with Crippen molar-refractivity contribution in [2.45, 2.75) is 38.6 Å². The summed E-state index contributed by atoms with van der Waals surface area (Å²) in [5.41, 5.74) is 3.50. The molecule has 0 radical (unpaired) electrons. The Hall–Kier alpha value is -2.07. The zero-order chi connectivity index (χ0) is 15.9. The van der Waals surface area contributed by atoms with Crippen LogP contribution < -0.4 is 10.1 Å². The SMILES string of the molecule is COc1ccc(-c2nc(CNCCC3=CCCCC3)co2)cc1. The van der Waals surface area contributed by atoms with Crippen molar-refractivity contribution >= 4 is 0 Å². The Morgan fingerprint density at radius 2 is 2.09 bits per heavy atom. The van der Waals surface area contributed by atoms with Gasteiger partial charge in [0.05, 0.1) is 12.8 Å². The van der Waals surface area contributed by atoms with Crippen LogP contribution in [0.5, 0.6) is 5.75 Å². The number of nitrogens with zero attached hydrogens (tertiary/aromatic N) is 1. The zero-order valence-corrected chi connectivity index (χ0v) is 13.7. The Morgan fingerprint density at radius 3 is 2.83 bits per heavy atom. The number of ether oxygens (including phenoxy) is 1. The summed E-state index contributed by atoms with van der Waals surface area (Å²) in [4.78, 5) is 4.54. The molecule has 0 aliphatic heterocycles. The molecule has 1 aromatic carbocycles. The number of allylic oxidation sites excluding steroid dienone is 1. The fourth-order valence-electron chi connectivity index (χ4n) is 2.85. The van der Waals surface area contributed by atoms with E-state index < -0.39 is 0 Å². The van der Waals surface area contributed by atoms with E-state index in [2.05, 4.69) is 16.4 Å². The lowest BCUT2D eigenvalue weighted by molar-refractivity contribution is 0.415. The van der Waals surface area contributed by atoms with Gasteiger partial charge in [-0.3, -0.25) is 0 Å². The molecule has 2 aromatic rings. The predicted molar refractivity (Wildman–Crippen MR) is 91.4 cm³/mol. The molecule has 0 unspecified atom stereocenters. The zero-order valence-electron chi connectivity index (χ0n) is 13.7. The first-order valence-corrected chi connectivity index (χ1v) is 8.32. The normalized spacial score (nSPS) is 14.6. The molecule has 1 N–H and O–H groups in total. The molecule has 0 saturated heterocycles. The number of rotatable bonds is 7. The highest BCUT2D eigenvalue weighted by Gasteiger charge is 2.07. The number of hydrogen-bond acceptors (Lipinski definition) is 4. The number of benzene rings is 1. The van der Waals surface area contributed by atoms with Crippen LogP contribution in [0, 0.1) is 0 Å². The molecule has 0 atom stereocenters. The van der Waals surface area contributed by atoms with Gasteiger partial charge in [0, 0.05) is 12.1 Å². The summed E-state index contributed by atoms with van der Waals surface area (Å²) in [6.07, 6.45) is 10.5. The number of aromatic nitrogens is 1. The second-order valence-corrected chi connectivity index (χ2v) is 5.91. The Bertz CT molecular complexity index is 644. The van der Waals surface area contributed by atoms with Gasteiger partial charge in [-0.05, 0) is 62.9 Å². The quantitative estimate of drug-likeness (QED) is 0.610. The Kier molecular flexibility index (Phi) is 5.48. The van der Waals surface area contributed by atoms with Gasteiger partial charge in [0.2, 0.25) is 5.89 Å². The van der Waals surface area contributed by atoms with Gasteiger partial charge in [-0.2, -0.15) is 0 Å². The van der Waals surface area contributed by atoms with Crippen molar-refractivity contribution in [3.8, 4) is 17.2 Å². The van der Waals surface area contributed by atoms with Crippen molar-refractivity contribution in [3.05, 3.63) is 47.9 Å². The second-order valence-electron chi connectivity index (χ2n) is 5.91. The monoisotopic (exact) mass is 312 g/mol. The topological polar surface area (TPSA) is 47.3 Å². The van der Waals surface area contributed by atoms with Crippen LogP contribution >= 0.6 is 0 Å². The molecule has 23 heavy (non-hydrogen) atoms. The van der Waals surface area contributed by atoms with Crippen molar-refractivity contribution in [2.75, 3.05) is 13.7 Å². The summed E-state index contributed by atoms with van der Waals surface area (Å²) < 4.78 is 10.7. The summed E-state index contributed by atoms with van der Waals surface area (Å²) in [7, 11) is 1.66. The summed E-state index contributed by atoms with van der Waals surface area (Å²) >= 11 is 0. The minimum Gasteiger partial charge on any atom is -0.497 e. The number of oxazole rings is 1. The van der Waals surface area contributed by atoms with Crippen molar-refractivity contribution in [1.82, 2.24) is 10.3 Å². The molecule has 0 bridgehead atoms. The molecule has 4 heteroatoms. The molecular weight excluding hydrogens is 288 g/mol. The number of nitrogens with one attached hydrogen (secondary N) is 1. The van der Waals surface area contributed by atoms with E-state index in [0.717, 1.165) is 36.5 Å². The summed E-state index contributed by atoms with van der Waals surface area (Å²) in [6.45, 7) is 1.74. The van der Waals surface area contributed by atoms with E-state index in [-0.39, 0.29) is 0 Å². The first-order valence-electron chi connectivity index (χ1n) is 8.32. The summed E-state index contributed by atoms with van der Waals surface area (Å²) in [6, 6.07) is 7.74. The van der Waals surface area contributed by atoms with Crippen molar-refractivity contribution in [1.29, 1.82) is 0 Å². The first-order chi connectivity index (χ1) is 11.3. The van der Waals surface area contributed by atoms with Gasteiger partial charge < -0.3 is 14.5 Å². The average molecular weight is 312 g/mol. The largest absolute Gasteiger partial charge is 0.497 e. The molecule has 1 heterocycles. The maximum atomic E-state index is 5.57. The van der Waals surface area contributed by atoms with Crippen LogP contribution in [0.2, 0.25) is 0 Å². The van der Waals surface area contributed by atoms with Crippen molar-refractivity contribution in [2.24, 2.45) is 0 Å². The fourth-order valence-corrected chi connectivity index (χ4v) is 2.85. The van der Waals surface area contributed by atoms with Gasteiger partial charge >= 0.3 is 0 Å². The third-order valence-corrected chi connectivity index (χ3v) is 4.20. The van der Waals surface area contributed by atoms with Crippen LogP contribution in [0.1, 0.15) is 37.8 Å². The lowest BCUT2D eigenvalue weighted by Gasteiger charge is -2.12. The molecule has 0 fully saturated rings. The molecule has 4 nitrogen and oxygen atoms in total. The highest BCUT2D eigenvalue weighted by molar-refractivity contribution is 5.54. The Balaban J connectivity index is 1.47. The Morgan fingerprint density at radius 1 is 1.22 bits per heavy atom. The second kappa shape index (κ2) is 7.97. The van der Waals surface area contributed by atoms with E-state index >= 15 is 0 Å². The molecule has 122 valence electrons. The van der Waals surface area contributed by atoms with E-state index in [0.29, 0.717) is 5.89 Å². The van der Waals surface area contributed by atoms with Gasteiger partial charge in [-0.25, -0.2) is 4.98 Å². The molecule has 0 spiro atoms. The van der Waals surface area contributed by atoms with E-state index in [9.17, 15) is 0 Å². The molecule has 1 aromatic heterocycles. The lowest BCUT2D eigenvalue weighted by Crippen LogP contribution is -2.15. The lowest BCUT2D eigenvalue weighted by atomic mass is 9.97. The molecule has 0 saturated carbocycles. The smallest absolute Gasteiger partial charge is 0.226 e. The predicted octanol–water partition coefficient (Wildman–Crippen LogP) is 4.33. The Labute approximate surface area is 137 Å². The fraction of sp³-hybridized carbons (Fsp3) is 0.421. The third kappa shape index (κ3) is 4.45. The van der Waals surface area contributed by atoms with Gasteiger partial charge in [-0.1, -0.05) is 11.6 Å². The van der Waals surface area contributed by atoms with Crippen LogP contribution in [0.3, 0.4) is 0 Å². The minimum atomic E-state index is 0.652. The van der Waals surface area contributed by atoms with Crippen LogP contribution in [0.4, 0.5) is 0 Å². The van der Waals surface area contributed by atoms with Gasteiger partial charge in [0.1, 0.15) is 12.0 Å². The molecule has 1 aliphatic rings. The molecule has 0 amide bonds. The highest BCUT2D eigenvalue weighted by Crippen LogP contribution is 2.22. The maximum Gasteiger partial charge on any atom is 0.226 e. The van der Waals surface area contributed by atoms with E-state index in [1.165, 1.54) is 25.7 Å². The van der Waals surface area contributed by atoms with Crippen LogP contribution in [-0.2, 0) is 6.54 Å². The highest BCUT2D eigenvalue weighted by atomic mass is 16.5. The van der Waals surface area contributed by atoms with E-state index in [4.69, 9.17) is 9.15 Å². The molecule has 3 rings (SSSR count). The van der Waals surface area contributed by atoms with E-state index in [1.807, 2.05) is 24.3 Å². The molecular formula is C19H24N2O2. The van der Waals surface area contributed by atoms with Crippen molar-refractivity contribution < 1.29 is 9.15 Å². The third-order valence-electron chi connectivity index (χ3n) is 4.20. The maximum absolute atomic E-state index is 5.57. The standard InChI is InChI=1S/C19H24N2O2/c1-22-18-9-7-16(8-10-18)19-21-17(14-23-19)13-20-12-11-15-5-3-2-4-6-15/h5,7-10,14,20H,2-4,6,11-13H2,1H3. The van der Waals surface area contributed by atoms with Crippen molar-refractivity contribution in [3.63, 3.8) is 0 Å². The number of methoxy groups -OCH3 is 1.